The summed E-state index contributed by atoms with van der Waals surface area (Å²) in [5.74, 6) is 0.212. The van der Waals surface area contributed by atoms with Gasteiger partial charge in [0, 0.05) is 32.2 Å². The number of phenolic OH excluding ortho intramolecular Hbond substituents is 1. The quantitative estimate of drug-likeness (QED) is 0.634. The van der Waals surface area contributed by atoms with Crippen molar-refractivity contribution in [3.8, 4) is 17.2 Å². The van der Waals surface area contributed by atoms with Crippen molar-refractivity contribution in [3.05, 3.63) is 60.2 Å². The molecular weight excluding hydrogens is 432 g/mol. The molecule has 9 heteroatoms. The monoisotopic (exact) mass is 456 g/mol. The minimum Gasteiger partial charge on any atom is -0.507 e. The van der Waals surface area contributed by atoms with Crippen LogP contribution in [-0.2, 0) is 10.0 Å². The van der Waals surface area contributed by atoms with Crippen molar-refractivity contribution in [1.82, 2.24) is 9.21 Å². The first-order valence-electron chi connectivity index (χ1n) is 10.1. The predicted molar refractivity (Wildman–Crippen MR) is 120 cm³/mol. The zero-order chi connectivity index (χ0) is 22.9. The van der Waals surface area contributed by atoms with Gasteiger partial charge < -0.3 is 19.5 Å². The van der Waals surface area contributed by atoms with Gasteiger partial charge in [0.2, 0.25) is 10.0 Å². The van der Waals surface area contributed by atoms with E-state index in [1.54, 1.807) is 29.2 Å². The van der Waals surface area contributed by atoms with Crippen molar-refractivity contribution in [2.45, 2.75) is 4.90 Å². The van der Waals surface area contributed by atoms with Gasteiger partial charge in [0.1, 0.15) is 22.1 Å². The van der Waals surface area contributed by atoms with Gasteiger partial charge in [-0.15, -0.1) is 0 Å². The smallest absolute Gasteiger partial charge is 0.257 e. The summed E-state index contributed by atoms with van der Waals surface area (Å²) in [7, 11) is -0.974. The minimum atomic E-state index is -3.85. The van der Waals surface area contributed by atoms with Crippen LogP contribution in [0.5, 0.6) is 17.2 Å². The van der Waals surface area contributed by atoms with Crippen molar-refractivity contribution in [2.24, 2.45) is 0 Å². The number of benzene rings is 3. The van der Waals surface area contributed by atoms with Crippen LogP contribution in [0.15, 0.2) is 59.5 Å². The number of piperazine rings is 1. The Morgan fingerprint density at radius 3 is 2.19 bits per heavy atom. The number of rotatable bonds is 5. The number of carbonyl (C=O) groups excluding carboxylic acids is 1. The summed E-state index contributed by atoms with van der Waals surface area (Å²) < 4.78 is 38.2. The van der Waals surface area contributed by atoms with Gasteiger partial charge in [0.25, 0.3) is 5.91 Å². The first-order chi connectivity index (χ1) is 15.3. The largest absolute Gasteiger partial charge is 0.507 e. The van der Waals surface area contributed by atoms with E-state index < -0.39 is 10.0 Å². The third-order valence-electron chi connectivity index (χ3n) is 5.61. The van der Waals surface area contributed by atoms with Gasteiger partial charge in [0.05, 0.1) is 19.8 Å². The molecule has 4 rings (SSSR count). The van der Waals surface area contributed by atoms with Crippen molar-refractivity contribution in [3.63, 3.8) is 0 Å². The van der Waals surface area contributed by atoms with Gasteiger partial charge in [-0.2, -0.15) is 4.31 Å². The topological polar surface area (TPSA) is 96.4 Å². The third kappa shape index (κ3) is 3.96. The van der Waals surface area contributed by atoms with E-state index in [0.717, 1.165) is 10.8 Å². The number of fused-ring (bicyclic) bond motifs is 1. The number of nitrogens with zero attached hydrogens (tertiary/aromatic N) is 2. The first-order valence-corrected chi connectivity index (χ1v) is 11.5. The summed E-state index contributed by atoms with van der Waals surface area (Å²) in [6, 6.07) is 15.3. The number of aromatic hydroxyl groups is 1. The van der Waals surface area contributed by atoms with E-state index >= 15 is 0 Å². The third-order valence-corrected chi connectivity index (χ3v) is 7.53. The molecule has 1 heterocycles. The molecule has 0 atom stereocenters. The van der Waals surface area contributed by atoms with Gasteiger partial charge in [-0.1, -0.05) is 24.3 Å². The molecule has 8 nitrogen and oxygen atoms in total. The maximum absolute atomic E-state index is 13.2. The Bertz CT molecular complexity index is 1270. The van der Waals surface area contributed by atoms with Crippen molar-refractivity contribution >= 4 is 26.7 Å². The molecular formula is C23H24N2O6S. The van der Waals surface area contributed by atoms with E-state index in [0.29, 0.717) is 5.75 Å². The van der Waals surface area contributed by atoms with Crippen molar-refractivity contribution in [2.75, 3.05) is 40.4 Å². The Morgan fingerprint density at radius 1 is 0.906 bits per heavy atom. The summed E-state index contributed by atoms with van der Waals surface area (Å²) in [5, 5.41) is 12.1. The van der Waals surface area contributed by atoms with Crippen LogP contribution >= 0.6 is 0 Å². The first kappa shape index (κ1) is 21.9. The molecule has 1 N–H and O–H groups in total. The standard InChI is InChI=1S/C23H24N2O6S/c1-30-18-7-8-21(31-2)22(15-18)32(28,29)25-11-9-24(10-12-25)23(27)19-13-16-5-3-4-6-17(16)14-20(19)26/h3-8,13-15,26H,9-12H2,1-2H3. The van der Waals surface area contributed by atoms with Crippen LogP contribution < -0.4 is 9.47 Å². The summed E-state index contributed by atoms with van der Waals surface area (Å²) in [4.78, 5) is 14.6. The van der Waals surface area contributed by atoms with E-state index in [4.69, 9.17) is 9.47 Å². The summed E-state index contributed by atoms with van der Waals surface area (Å²) >= 11 is 0. The number of carbonyl (C=O) groups is 1. The van der Waals surface area contributed by atoms with E-state index in [9.17, 15) is 18.3 Å². The fraction of sp³-hybridized carbons (Fsp3) is 0.261. The zero-order valence-electron chi connectivity index (χ0n) is 17.8. The summed E-state index contributed by atoms with van der Waals surface area (Å²) in [6.07, 6.45) is 0. The molecule has 0 aliphatic carbocycles. The second-order valence-corrected chi connectivity index (χ2v) is 9.34. The van der Waals surface area contributed by atoms with Crippen LogP contribution in [0.25, 0.3) is 10.8 Å². The Labute approximate surface area is 186 Å². The van der Waals surface area contributed by atoms with Crippen LogP contribution in [0.3, 0.4) is 0 Å². The highest BCUT2D eigenvalue weighted by Crippen LogP contribution is 2.32. The molecule has 0 saturated carbocycles. The highest BCUT2D eigenvalue weighted by atomic mass is 32.2. The minimum absolute atomic E-state index is 0.0197. The molecule has 32 heavy (non-hydrogen) atoms. The maximum Gasteiger partial charge on any atom is 0.257 e. The molecule has 1 fully saturated rings. The Balaban J connectivity index is 1.53. The molecule has 1 aliphatic heterocycles. The SMILES string of the molecule is COc1ccc(OC)c(S(=O)(=O)N2CCN(C(=O)c3cc4ccccc4cc3O)CC2)c1. The van der Waals surface area contributed by atoms with Crippen LogP contribution in [0.2, 0.25) is 0 Å². The number of amides is 1. The van der Waals surface area contributed by atoms with Crippen LogP contribution in [0.1, 0.15) is 10.4 Å². The van der Waals surface area contributed by atoms with Gasteiger partial charge in [-0.3, -0.25) is 4.79 Å². The average Bonchev–Trinajstić information content (AvgIpc) is 2.82. The fourth-order valence-corrected chi connectivity index (χ4v) is 5.42. The molecule has 0 aromatic heterocycles. The molecule has 0 unspecified atom stereocenters. The lowest BCUT2D eigenvalue weighted by Crippen LogP contribution is -2.50. The Kier molecular flexibility index (Phi) is 5.94. The second kappa shape index (κ2) is 8.68. The molecule has 3 aromatic carbocycles. The van der Waals surface area contributed by atoms with Crippen molar-refractivity contribution < 1.29 is 27.8 Å². The normalized spacial score (nSPS) is 15.0. The molecule has 3 aromatic rings. The zero-order valence-corrected chi connectivity index (χ0v) is 18.6. The lowest BCUT2D eigenvalue weighted by Gasteiger charge is -2.34. The number of phenols is 1. The summed E-state index contributed by atoms with van der Waals surface area (Å²) in [5.41, 5.74) is 0.203. The molecule has 1 saturated heterocycles. The number of sulfonamides is 1. The van der Waals surface area contributed by atoms with Crippen LogP contribution in [0.4, 0.5) is 0 Å². The van der Waals surface area contributed by atoms with E-state index in [-0.39, 0.29) is 54.0 Å². The van der Waals surface area contributed by atoms with Gasteiger partial charge in [0.15, 0.2) is 0 Å². The van der Waals surface area contributed by atoms with Crippen LogP contribution in [0, 0.1) is 0 Å². The summed E-state index contributed by atoms with van der Waals surface area (Å²) in [6.45, 7) is 0.665. The maximum atomic E-state index is 13.2. The Morgan fingerprint density at radius 2 is 1.56 bits per heavy atom. The molecule has 0 spiro atoms. The van der Waals surface area contributed by atoms with Gasteiger partial charge >= 0.3 is 0 Å². The van der Waals surface area contributed by atoms with E-state index in [2.05, 4.69) is 0 Å². The van der Waals surface area contributed by atoms with Crippen LogP contribution in [-0.4, -0.2) is 69.0 Å². The molecule has 0 bridgehead atoms. The van der Waals surface area contributed by atoms with Gasteiger partial charge in [-0.25, -0.2) is 8.42 Å². The number of ether oxygens (including phenoxy) is 2. The Hall–Kier alpha value is -3.30. The highest BCUT2D eigenvalue weighted by molar-refractivity contribution is 7.89. The molecule has 0 radical (unpaired) electrons. The van der Waals surface area contributed by atoms with Crippen molar-refractivity contribution in [1.29, 1.82) is 0 Å². The van der Waals surface area contributed by atoms with Gasteiger partial charge in [-0.05, 0) is 35.0 Å². The predicted octanol–water partition coefficient (Wildman–Crippen LogP) is 2.71. The average molecular weight is 457 g/mol. The highest BCUT2D eigenvalue weighted by Gasteiger charge is 2.33. The lowest BCUT2D eigenvalue weighted by molar-refractivity contribution is 0.0695. The molecule has 1 aliphatic rings. The number of hydrogen-bond acceptors (Lipinski definition) is 6. The fourth-order valence-electron chi connectivity index (χ4n) is 3.83. The van der Waals surface area contributed by atoms with E-state index in [1.807, 2.05) is 24.3 Å². The molecule has 168 valence electrons. The number of hydrogen-bond donors (Lipinski definition) is 1. The number of methoxy groups -OCH3 is 2. The molecule has 1 amide bonds. The van der Waals surface area contributed by atoms with E-state index in [1.165, 1.54) is 24.6 Å². The second-order valence-electron chi connectivity index (χ2n) is 7.43. The lowest BCUT2D eigenvalue weighted by atomic mass is 10.0.